The summed E-state index contributed by atoms with van der Waals surface area (Å²) in [5, 5.41) is 1.14. The summed E-state index contributed by atoms with van der Waals surface area (Å²) in [5.41, 5.74) is 2.53. The second-order valence-corrected chi connectivity index (χ2v) is 17.1. The quantitative estimate of drug-likeness (QED) is 0.0680. The number of hydrogen-bond acceptors (Lipinski definition) is 2. The minimum atomic E-state index is 0.0561. The lowest BCUT2D eigenvalue weighted by atomic mass is 9.47. The number of halogens is 1. The lowest BCUT2D eigenvalue weighted by Gasteiger charge is -2.58. The minimum Gasteiger partial charge on any atom is -0.462 e. The van der Waals surface area contributed by atoms with Gasteiger partial charge in [0.1, 0.15) is 6.10 Å². The predicted molar refractivity (Wildman–Crippen MR) is 183 cm³/mol. The van der Waals surface area contributed by atoms with Crippen molar-refractivity contribution < 1.29 is 9.53 Å². The molecule has 0 aromatic heterocycles. The normalized spacial score (nSPS) is 34.8. The minimum absolute atomic E-state index is 0.0561. The smallest absolute Gasteiger partial charge is 0.306 e. The van der Waals surface area contributed by atoms with Crippen LogP contribution in [0.1, 0.15) is 169 Å². The van der Waals surface area contributed by atoms with Gasteiger partial charge in [-0.2, -0.15) is 0 Å². The zero-order chi connectivity index (χ0) is 30.2. The van der Waals surface area contributed by atoms with Gasteiger partial charge >= 0.3 is 5.97 Å². The van der Waals surface area contributed by atoms with Gasteiger partial charge in [0.25, 0.3) is 0 Å². The number of unbranched alkanes of at least 4 members (excludes halogenated alkanes) is 8. The van der Waals surface area contributed by atoms with Crippen molar-refractivity contribution in [3.05, 3.63) is 11.6 Å². The molecule has 0 N–H and O–H groups in total. The molecular weight excluding hydrogens is 580 g/mol. The molecule has 0 unspecified atom stereocenters. The largest absolute Gasteiger partial charge is 0.462 e. The van der Waals surface area contributed by atoms with Crippen molar-refractivity contribution in [3.8, 4) is 0 Å². The van der Waals surface area contributed by atoms with E-state index in [4.69, 9.17) is 4.74 Å². The third kappa shape index (κ3) is 8.48. The Balaban J connectivity index is 1.21. The molecule has 0 aromatic carbocycles. The molecule has 4 aliphatic carbocycles. The highest BCUT2D eigenvalue weighted by molar-refractivity contribution is 9.09. The fourth-order valence-corrected chi connectivity index (χ4v) is 11.0. The van der Waals surface area contributed by atoms with Crippen LogP contribution >= 0.6 is 15.9 Å². The standard InChI is InChI=1S/C39H67BrO2/c1-29(2)16-15-17-30(3)34-21-22-35-33-20-19-31-28-32(23-25-38(31,4)36(33)24-26-39(34,35)5)42-37(41)18-13-11-9-7-6-8-10-12-14-27-40/h19,29-30,32-36H,6-18,20-28H2,1-5H3/t30-,32+,33+,34-,35+,36+,38+,39-/m1/s1. The summed E-state index contributed by atoms with van der Waals surface area (Å²) in [5.74, 6) is 5.33. The Morgan fingerprint density at radius 2 is 1.55 bits per heavy atom. The van der Waals surface area contributed by atoms with Crippen LogP contribution in [0.2, 0.25) is 0 Å². The van der Waals surface area contributed by atoms with E-state index in [2.05, 4.69) is 56.6 Å². The first-order chi connectivity index (χ1) is 20.2. The number of carbonyl (C=O) groups excluding carboxylic acids is 1. The first kappa shape index (κ1) is 34.6. The zero-order valence-corrected chi connectivity index (χ0v) is 30.0. The molecule has 0 spiro atoms. The van der Waals surface area contributed by atoms with Gasteiger partial charge in [0, 0.05) is 18.2 Å². The maximum Gasteiger partial charge on any atom is 0.306 e. The van der Waals surface area contributed by atoms with Crippen molar-refractivity contribution in [1.82, 2.24) is 0 Å². The van der Waals surface area contributed by atoms with Crippen LogP contribution in [0.15, 0.2) is 11.6 Å². The predicted octanol–water partition coefficient (Wildman–Crippen LogP) is 12.2. The molecular formula is C39H67BrO2. The van der Waals surface area contributed by atoms with Crippen molar-refractivity contribution in [1.29, 1.82) is 0 Å². The van der Waals surface area contributed by atoms with Gasteiger partial charge in [-0.1, -0.05) is 126 Å². The second-order valence-electron chi connectivity index (χ2n) is 16.3. The van der Waals surface area contributed by atoms with Gasteiger partial charge in [-0.3, -0.25) is 4.79 Å². The summed E-state index contributed by atoms with van der Waals surface area (Å²) in [6.07, 6.45) is 29.5. The Morgan fingerprint density at radius 3 is 2.24 bits per heavy atom. The SMILES string of the molecule is CC(C)CCC[C@@H](C)[C@H]1CC[C@H]2[C@@H]3CC=C4C[C@@H](OC(=O)CCCCCCCCCCCBr)CC[C@]4(C)[C@H]3CC[C@]12C. The summed E-state index contributed by atoms with van der Waals surface area (Å²) >= 11 is 3.52. The van der Waals surface area contributed by atoms with E-state index < -0.39 is 0 Å². The molecule has 0 heterocycles. The monoisotopic (exact) mass is 646 g/mol. The molecule has 3 heteroatoms. The van der Waals surface area contributed by atoms with Gasteiger partial charge in [-0.15, -0.1) is 0 Å². The molecule has 4 rings (SSSR count). The molecule has 0 bridgehead atoms. The number of fused-ring (bicyclic) bond motifs is 5. The van der Waals surface area contributed by atoms with E-state index in [0.717, 1.165) is 60.1 Å². The van der Waals surface area contributed by atoms with Gasteiger partial charge in [0.15, 0.2) is 0 Å². The van der Waals surface area contributed by atoms with E-state index in [1.54, 1.807) is 5.57 Å². The Kier molecular flexibility index (Phi) is 13.4. The number of rotatable bonds is 17. The van der Waals surface area contributed by atoms with E-state index >= 15 is 0 Å². The third-order valence-electron chi connectivity index (χ3n) is 13.1. The van der Waals surface area contributed by atoms with Gasteiger partial charge in [0.2, 0.25) is 0 Å². The van der Waals surface area contributed by atoms with Crippen LogP contribution in [-0.4, -0.2) is 17.4 Å². The van der Waals surface area contributed by atoms with Crippen LogP contribution in [0.25, 0.3) is 0 Å². The van der Waals surface area contributed by atoms with Crippen molar-refractivity contribution in [3.63, 3.8) is 0 Å². The molecule has 3 saturated carbocycles. The van der Waals surface area contributed by atoms with E-state index in [-0.39, 0.29) is 12.1 Å². The molecule has 0 saturated heterocycles. The highest BCUT2D eigenvalue weighted by atomic mass is 79.9. The average Bonchev–Trinajstić information content (AvgIpc) is 3.31. The maximum absolute atomic E-state index is 12.7. The van der Waals surface area contributed by atoms with Crippen LogP contribution in [0.4, 0.5) is 0 Å². The third-order valence-corrected chi connectivity index (χ3v) is 13.6. The summed E-state index contributed by atoms with van der Waals surface area (Å²) in [6.45, 7) is 12.6. The number of carbonyl (C=O) groups is 1. The molecule has 8 atom stereocenters. The van der Waals surface area contributed by atoms with E-state index in [9.17, 15) is 4.79 Å². The Labute approximate surface area is 269 Å². The van der Waals surface area contributed by atoms with Crippen LogP contribution < -0.4 is 0 Å². The lowest BCUT2D eigenvalue weighted by molar-refractivity contribution is -0.151. The topological polar surface area (TPSA) is 26.3 Å². The number of hydrogen-bond donors (Lipinski definition) is 0. The Bertz CT molecular complexity index is 864. The van der Waals surface area contributed by atoms with Gasteiger partial charge in [-0.25, -0.2) is 0 Å². The molecule has 0 aliphatic heterocycles. The molecule has 242 valence electrons. The van der Waals surface area contributed by atoms with E-state index in [1.165, 1.54) is 109 Å². The summed E-state index contributed by atoms with van der Waals surface area (Å²) in [6, 6.07) is 0. The molecule has 0 amide bonds. The Morgan fingerprint density at radius 1 is 0.857 bits per heavy atom. The average molecular weight is 648 g/mol. The Hall–Kier alpha value is -0.310. The molecule has 0 aromatic rings. The number of ether oxygens (including phenoxy) is 1. The molecule has 4 aliphatic rings. The van der Waals surface area contributed by atoms with Crippen molar-refractivity contribution in [2.75, 3.05) is 5.33 Å². The van der Waals surface area contributed by atoms with Crippen molar-refractivity contribution in [2.24, 2.45) is 46.3 Å². The van der Waals surface area contributed by atoms with Crippen LogP contribution in [0.5, 0.6) is 0 Å². The first-order valence-electron chi connectivity index (χ1n) is 18.6. The van der Waals surface area contributed by atoms with Gasteiger partial charge in [-0.05, 0) is 104 Å². The van der Waals surface area contributed by atoms with Gasteiger partial charge in [0.05, 0.1) is 0 Å². The van der Waals surface area contributed by atoms with E-state index in [0.29, 0.717) is 17.3 Å². The van der Waals surface area contributed by atoms with E-state index in [1.807, 2.05) is 0 Å². The molecule has 3 fully saturated rings. The van der Waals surface area contributed by atoms with Crippen molar-refractivity contribution in [2.45, 2.75) is 176 Å². The number of alkyl halides is 1. The molecule has 2 nitrogen and oxygen atoms in total. The van der Waals surface area contributed by atoms with Gasteiger partial charge < -0.3 is 4.74 Å². The zero-order valence-electron chi connectivity index (χ0n) is 28.4. The highest BCUT2D eigenvalue weighted by Crippen LogP contribution is 2.67. The summed E-state index contributed by atoms with van der Waals surface area (Å²) in [7, 11) is 0. The first-order valence-corrected chi connectivity index (χ1v) is 19.8. The highest BCUT2D eigenvalue weighted by Gasteiger charge is 2.59. The van der Waals surface area contributed by atoms with Crippen LogP contribution in [0, 0.1) is 46.3 Å². The fraction of sp³-hybridized carbons (Fsp3) is 0.923. The second kappa shape index (κ2) is 16.3. The summed E-state index contributed by atoms with van der Waals surface area (Å²) in [4.78, 5) is 12.7. The van der Waals surface area contributed by atoms with Crippen molar-refractivity contribution >= 4 is 21.9 Å². The lowest BCUT2D eigenvalue weighted by Crippen LogP contribution is -2.51. The molecule has 42 heavy (non-hydrogen) atoms. The maximum atomic E-state index is 12.7. The summed E-state index contributed by atoms with van der Waals surface area (Å²) < 4.78 is 6.09. The fourth-order valence-electron chi connectivity index (χ4n) is 10.6. The van der Waals surface area contributed by atoms with Crippen LogP contribution in [-0.2, 0) is 9.53 Å². The number of esters is 1. The number of allylic oxidation sites excluding steroid dienone is 1. The molecule has 0 radical (unpaired) electrons. The van der Waals surface area contributed by atoms with Crippen LogP contribution in [0.3, 0.4) is 0 Å².